The van der Waals surface area contributed by atoms with Gasteiger partial charge in [-0.05, 0) is 32.4 Å². The lowest BCUT2D eigenvalue weighted by molar-refractivity contribution is -0.121. The van der Waals surface area contributed by atoms with Crippen molar-refractivity contribution in [2.24, 2.45) is 0 Å². The number of anilines is 1. The number of piperazine rings is 1. The van der Waals surface area contributed by atoms with E-state index >= 15 is 0 Å². The number of fused-ring (bicyclic) bond motifs is 1. The number of pyridine rings is 1. The van der Waals surface area contributed by atoms with E-state index in [4.69, 9.17) is 4.74 Å². The normalized spacial score (nSPS) is 27.1. The van der Waals surface area contributed by atoms with Gasteiger partial charge in [0.25, 0.3) is 5.56 Å². The van der Waals surface area contributed by atoms with Gasteiger partial charge in [0.1, 0.15) is 11.6 Å². The van der Waals surface area contributed by atoms with Crippen LogP contribution in [0.25, 0.3) is 0 Å². The van der Waals surface area contributed by atoms with Crippen LogP contribution in [0.2, 0.25) is 0 Å². The van der Waals surface area contributed by atoms with Crippen molar-refractivity contribution in [2.45, 2.75) is 70.7 Å². The molecule has 8 nitrogen and oxygen atoms in total. The Morgan fingerprint density at radius 2 is 1.85 bits per heavy atom. The van der Waals surface area contributed by atoms with Crippen molar-refractivity contribution in [3.63, 3.8) is 0 Å². The first-order valence-corrected chi connectivity index (χ1v) is 14.2. The van der Waals surface area contributed by atoms with Crippen LogP contribution in [-0.2, 0) is 21.5 Å². The number of nitrogens with one attached hydrogen (secondary N) is 1. The standard InChI is InChI=1S/C30H41F2N5O3/c1-19-11-34(24(10-33-19)13-36-20(2)16-40-17-21(36)3)15-29(39)37-18-30(4,5)25-9-28(38)35(14-27(25)37)12-22-6-7-23(31)8-26(22)32/h6-9,14,19-21,24,33H,10-13,15-18H2,1-5H3/t19-,20-,21-,24-/m1/s1. The SMILES string of the molecule is C[C@@H]1CN(CC(=O)N2CC(C)(C)c3cc(=O)n(Cc4ccc(F)cc4F)cc32)[C@@H](CN2[C@H](C)COC[C@H]2C)CN1. The lowest BCUT2D eigenvalue weighted by atomic mass is 9.87. The monoisotopic (exact) mass is 557 g/mol. The average Bonchev–Trinajstić information content (AvgIpc) is 3.14. The van der Waals surface area contributed by atoms with Crippen LogP contribution in [0.15, 0.2) is 35.3 Å². The van der Waals surface area contributed by atoms with Gasteiger partial charge in [-0.15, -0.1) is 0 Å². The largest absolute Gasteiger partial charge is 0.378 e. The van der Waals surface area contributed by atoms with E-state index in [1.54, 1.807) is 17.2 Å². The summed E-state index contributed by atoms with van der Waals surface area (Å²) in [6.45, 7) is 15.1. The fraction of sp³-hybridized carbons (Fsp3) is 0.600. The van der Waals surface area contributed by atoms with Crippen LogP contribution in [-0.4, -0.2) is 90.4 Å². The van der Waals surface area contributed by atoms with Gasteiger partial charge in [-0.1, -0.05) is 19.9 Å². The van der Waals surface area contributed by atoms with E-state index in [0.717, 1.165) is 31.3 Å². The van der Waals surface area contributed by atoms with E-state index in [9.17, 15) is 18.4 Å². The molecule has 0 saturated carbocycles. The summed E-state index contributed by atoms with van der Waals surface area (Å²) in [4.78, 5) is 33.5. The van der Waals surface area contributed by atoms with Crippen molar-refractivity contribution in [1.29, 1.82) is 0 Å². The minimum atomic E-state index is -0.705. The zero-order chi connectivity index (χ0) is 28.8. The molecule has 10 heteroatoms. The first-order valence-electron chi connectivity index (χ1n) is 14.2. The molecule has 0 radical (unpaired) electrons. The maximum absolute atomic E-state index is 14.4. The molecule has 0 aliphatic carbocycles. The molecule has 2 fully saturated rings. The van der Waals surface area contributed by atoms with Crippen molar-refractivity contribution >= 4 is 11.6 Å². The molecule has 0 unspecified atom stereocenters. The summed E-state index contributed by atoms with van der Waals surface area (Å²) in [5, 5.41) is 3.58. The highest BCUT2D eigenvalue weighted by Gasteiger charge is 2.40. The van der Waals surface area contributed by atoms with Gasteiger partial charge in [0, 0.05) is 79.7 Å². The molecule has 5 rings (SSSR count). The predicted octanol–water partition coefficient (Wildman–Crippen LogP) is 2.57. The lowest BCUT2D eigenvalue weighted by Gasteiger charge is -2.46. The molecule has 2 saturated heterocycles. The average molecular weight is 558 g/mol. The number of halogens is 2. The number of hydrogen-bond donors (Lipinski definition) is 1. The highest BCUT2D eigenvalue weighted by Crippen LogP contribution is 2.39. The second kappa shape index (κ2) is 11.3. The molecular weight excluding hydrogens is 516 g/mol. The number of aromatic nitrogens is 1. The number of carbonyl (C=O) groups is 1. The molecule has 4 atom stereocenters. The Kier molecular flexibility index (Phi) is 8.16. The Morgan fingerprint density at radius 3 is 2.55 bits per heavy atom. The van der Waals surface area contributed by atoms with Gasteiger partial charge in [0.05, 0.1) is 32.0 Å². The maximum Gasteiger partial charge on any atom is 0.251 e. The van der Waals surface area contributed by atoms with Gasteiger partial charge >= 0.3 is 0 Å². The van der Waals surface area contributed by atoms with Gasteiger partial charge < -0.3 is 19.5 Å². The summed E-state index contributed by atoms with van der Waals surface area (Å²) in [5.41, 5.74) is 1.01. The number of benzene rings is 1. The molecule has 0 bridgehead atoms. The van der Waals surface area contributed by atoms with E-state index in [0.29, 0.717) is 37.5 Å². The van der Waals surface area contributed by atoms with E-state index < -0.39 is 17.0 Å². The van der Waals surface area contributed by atoms with Crippen LogP contribution in [0, 0.1) is 11.6 Å². The van der Waals surface area contributed by atoms with Crippen LogP contribution >= 0.6 is 0 Å². The maximum atomic E-state index is 14.4. The Labute approximate surface area is 234 Å². The number of ether oxygens (including phenoxy) is 1. The summed E-state index contributed by atoms with van der Waals surface area (Å²) >= 11 is 0. The van der Waals surface area contributed by atoms with E-state index in [-0.39, 0.29) is 42.2 Å². The molecule has 2 aromatic rings. The number of nitrogens with zero attached hydrogens (tertiary/aromatic N) is 4. The van der Waals surface area contributed by atoms with Crippen molar-refractivity contribution < 1.29 is 18.3 Å². The smallest absolute Gasteiger partial charge is 0.251 e. The summed E-state index contributed by atoms with van der Waals surface area (Å²) in [6.07, 6.45) is 1.65. The number of hydrogen-bond acceptors (Lipinski definition) is 6. The highest BCUT2D eigenvalue weighted by atomic mass is 19.1. The lowest BCUT2D eigenvalue weighted by Crippen LogP contribution is -2.63. The van der Waals surface area contributed by atoms with Crippen molar-refractivity contribution in [2.75, 3.05) is 50.8 Å². The molecule has 4 heterocycles. The van der Waals surface area contributed by atoms with Crippen LogP contribution in [0.3, 0.4) is 0 Å². The predicted molar refractivity (Wildman–Crippen MR) is 151 cm³/mol. The molecule has 3 aliphatic heterocycles. The van der Waals surface area contributed by atoms with E-state index in [1.807, 2.05) is 13.8 Å². The third-order valence-electron chi connectivity index (χ3n) is 8.67. The minimum absolute atomic E-state index is 0.0211. The fourth-order valence-electron chi connectivity index (χ4n) is 6.37. The molecule has 40 heavy (non-hydrogen) atoms. The number of rotatable bonds is 6. The second-order valence-electron chi connectivity index (χ2n) is 12.5. The number of morpholine rings is 1. The first kappa shape index (κ1) is 28.9. The minimum Gasteiger partial charge on any atom is -0.378 e. The van der Waals surface area contributed by atoms with E-state index in [2.05, 4.69) is 35.9 Å². The van der Waals surface area contributed by atoms with Gasteiger partial charge in [-0.2, -0.15) is 0 Å². The van der Waals surface area contributed by atoms with Crippen LogP contribution in [0.5, 0.6) is 0 Å². The fourth-order valence-corrected chi connectivity index (χ4v) is 6.37. The Balaban J connectivity index is 1.38. The summed E-state index contributed by atoms with van der Waals surface area (Å²) in [7, 11) is 0. The van der Waals surface area contributed by atoms with Gasteiger partial charge in [0.15, 0.2) is 0 Å². The quantitative estimate of drug-likeness (QED) is 0.589. The molecule has 3 aliphatic rings. The first-order chi connectivity index (χ1) is 18.9. The van der Waals surface area contributed by atoms with Crippen molar-refractivity contribution in [3.05, 3.63) is 63.6 Å². The van der Waals surface area contributed by atoms with Gasteiger partial charge in [-0.3, -0.25) is 19.4 Å². The number of amides is 1. The van der Waals surface area contributed by atoms with E-state index in [1.165, 1.54) is 16.7 Å². The highest BCUT2D eigenvalue weighted by molar-refractivity contribution is 5.97. The van der Waals surface area contributed by atoms with Crippen LogP contribution < -0.4 is 15.8 Å². The van der Waals surface area contributed by atoms with Crippen LogP contribution in [0.4, 0.5) is 14.5 Å². The Bertz CT molecular complexity index is 1300. The molecular formula is C30H41F2N5O3. The number of carbonyl (C=O) groups excluding carboxylic acids is 1. The Hall–Kier alpha value is -2.66. The molecule has 1 N–H and O–H groups in total. The topological polar surface area (TPSA) is 70.1 Å². The molecule has 0 spiro atoms. The van der Waals surface area contributed by atoms with Gasteiger partial charge in [-0.25, -0.2) is 8.78 Å². The third kappa shape index (κ3) is 5.86. The second-order valence-corrected chi connectivity index (χ2v) is 12.5. The molecule has 1 aromatic heterocycles. The van der Waals surface area contributed by atoms with Crippen molar-refractivity contribution in [3.8, 4) is 0 Å². The van der Waals surface area contributed by atoms with Gasteiger partial charge in [0.2, 0.25) is 5.91 Å². The van der Waals surface area contributed by atoms with Crippen LogP contribution in [0.1, 0.15) is 45.7 Å². The zero-order valence-corrected chi connectivity index (χ0v) is 24.1. The Morgan fingerprint density at radius 1 is 1.12 bits per heavy atom. The summed E-state index contributed by atoms with van der Waals surface area (Å²) in [6, 6.07) is 5.97. The molecule has 1 amide bonds. The molecule has 1 aromatic carbocycles. The third-order valence-corrected chi connectivity index (χ3v) is 8.67. The molecule has 218 valence electrons. The summed E-state index contributed by atoms with van der Waals surface area (Å²) in [5.74, 6) is -1.39. The zero-order valence-electron chi connectivity index (χ0n) is 24.1. The van der Waals surface area contributed by atoms with Crippen molar-refractivity contribution in [1.82, 2.24) is 19.7 Å². The summed E-state index contributed by atoms with van der Waals surface area (Å²) < 4.78 is 34.9.